The van der Waals surface area contributed by atoms with Gasteiger partial charge in [-0.2, -0.15) is 5.10 Å². The van der Waals surface area contributed by atoms with Crippen LogP contribution in [0.25, 0.3) is 11.3 Å². The van der Waals surface area contributed by atoms with Gasteiger partial charge in [-0.05, 0) is 6.07 Å². The number of nitro groups is 1. The van der Waals surface area contributed by atoms with Crippen LogP contribution in [0.15, 0.2) is 18.2 Å². The Hall–Kier alpha value is -1.92. The number of aldehydes is 1. The lowest BCUT2D eigenvalue weighted by atomic mass is 10.1. The van der Waals surface area contributed by atoms with Crippen LogP contribution in [-0.2, 0) is 7.05 Å². The first-order valence-corrected chi connectivity index (χ1v) is 5.83. The van der Waals surface area contributed by atoms with Gasteiger partial charge in [0, 0.05) is 18.7 Å². The summed E-state index contributed by atoms with van der Waals surface area (Å²) in [6, 6.07) is 4.18. The fourth-order valence-corrected chi connectivity index (χ4v) is 2.00. The number of nitro benzene ring substituents is 1. The van der Waals surface area contributed by atoms with Crippen molar-refractivity contribution >= 4 is 35.2 Å². The van der Waals surface area contributed by atoms with Gasteiger partial charge >= 0.3 is 0 Å². The minimum Gasteiger partial charge on any atom is -0.298 e. The monoisotopic (exact) mass is 299 g/mol. The fourth-order valence-electron chi connectivity index (χ4n) is 1.64. The second-order valence-electron chi connectivity index (χ2n) is 3.72. The summed E-state index contributed by atoms with van der Waals surface area (Å²) in [6.45, 7) is 0. The summed E-state index contributed by atoms with van der Waals surface area (Å²) >= 11 is 11.6. The molecule has 0 spiro atoms. The third-order valence-corrected chi connectivity index (χ3v) is 3.31. The molecule has 0 aliphatic heterocycles. The summed E-state index contributed by atoms with van der Waals surface area (Å²) in [4.78, 5) is 21.3. The van der Waals surface area contributed by atoms with E-state index in [2.05, 4.69) is 5.10 Å². The molecule has 1 aromatic heterocycles. The normalized spacial score (nSPS) is 10.5. The minimum atomic E-state index is -0.600. The number of hydrogen-bond donors (Lipinski definition) is 0. The Morgan fingerprint density at radius 2 is 2.11 bits per heavy atom. The van der Waals surface area contributed by atoms with Crippen molar-refractivity contribution in [3.63, 3.8) is 0 Å². The van der Waals surface area contributed by atoms with Crippen molar-refractivity contribution in [1.29, 1.82) is 0 Å². The zero-order valence-corrected chi connectivity index (χ0v) is 11.1. The van der Waals surface area contributed by atoms with Gasteiger partial charge in [-0.25, -0.2) is 0 Å². The summed E-state index contributed by atoms with van der Waals surface area (Å²) < 4.78 is 1.32. The number of benzene rings is 1. The van der Waals surface area contributed by atoms with Crippen molar-refractivity contribution in [2.24, 2.45) is 7.05 Å². The first-order valence-electron chi connectivity index (χ1n) is 5.07. The van der Waals surface area contributed by atoms with Gasteiger partial charge < -0.3 is 0 Å². The average Bonchev–Trinajstić information content (AvgIpc) is 2.65. The summed E-state index contributed by atoms with van der Waals surface area (Å²) in [5.41, 5.74) is 0.613. The van der Waals surface area contributed by atoms with Gasteiger partial charge in [0.1, 0.15) is 15.9 Å². The van der Waals surface area contributed by atoms with Crippen molar-refractivity contribution < 1.29 is 9.72 Å². The molecule has 0 radical (unpaired) electrons. The van der Waals surface area contributed by atoms with E-state index in [4.69, 9.17) is 23.2 Å². The lowest BCUT2D eigenvalue weighted by molar-refractivity contribution is -0.384. The minimum absolute atomic E-state index is 0.0171. The van der Waals surface area contributed by atoms with Gasteiger partial charge in [0.05, 0.1) is 10.5 Å². The molecule has 0 aliphatic carbocycles. The van der Waals surface area contributed by atoms with Crippen LogP contribution in [0.3, 0.4) is 0 Å². The summed E-state index contributed by atoms with van der Waals surface area (Å²) in [5, 5.41) is 15.1. The first-order chi connectivity index (χ1) is 8.95. The summed E-state index contributed by atoms with van der Waals surface area (Å²) in [7, 11) is 1.57. The van der Waals surface area contributed by atoms with E-state index in [9.17, 15) is 14.9 Å². The van der Waals surface area contributed by atoms with Crippen LogP contribution in [0.5, 0.6) is 0 Å². The van der Waals surface area contributed by atoms with Crippen molar-refractivity contribution in [1.82, 2.24) is 9.78 Å². The maximum absolute atomic E-state index is 11.0. The average molecular weight is 300 g/mol. The number of rotatable bonds is 3. The van der Waals surface area contributed by atoms with Gasteiger partial charge in [-0.3, -0.25) is 19.6 Å². The highest BCUT2D eigenvalue weighted by molar-refractivity contribution is 6.33. The number of carbonyl (C=O) groups is 1. The Bertz CT molecular complexity index is 682. The Morgan fingerprint density at radius 3 is 2.68 bits per heavy atom. The third-order valence-electron chi connectivity index (χ3n) is 2.55. The molecule has 0 amide bonds. The second kappa shape index (κ2) is 4.99. The molecule has 6 nitrogen and oxygen atoms in total. The standard InChI is InChI=1S/C11H7Cl2N3O3/c1-15-11(13)7(5-17)10(14-15)6-2-3-8(12)9(4-6)16(18)19/h2-5H,1H3. The van der Waals surface area contributed by atoms with Gasteiger partial charge in [0.2, 0.25) is 0 Å². The molecule has 0 N–H and O–H groups in total. The van der Waals surface area contributed by atoms with Gasteiger partial charge in [-0.1, -0.05) is 29.3 Å². The summed E-state index contributed by atoms with van der Waals surface area (Å²) in [5.74, 6) is 0. The number of carbonyl (C=O) groups excluding carboxylic acids is 1. The highest BCUT2D eigenvalue weighted by atomic mass is 35.5. The number of halogens is 2. The molecule has 2 aromatic rings. The molecule has 0 saturated heterocycles. The van der Waals surface area contributed by atoms with E-state index in [1.165, 1.54) is 16.8 Å². The van der Waals surface area contributed by atoms with E-state index >= 15 is 0 Å². The molecule has 19 heavy (non-hydrogen) atoms. The molecular weight excluding hydrogens is 293 g/mol. The topological polar surface area (TPSA) is 78.0 Å². The third kappa shape index (κ3) is 2.32. The zero-order valence-electron chi connectivity index (χ0n) is 9.63. The number of aromatic nitrogens is 2. The lowest BCUT2D eigenvalue weighted by Crippen LogP contribution is -1.92. The molecule has 0 bridgehead atoms. The molecule has 0 aliphatic rings. The number of nitrogens with zero attached hydrogens (tertiary/aromatic N) is 3. The molecule has 1 aromatic carbocycles. The van der Waals surface area contributed by atoms with Crippen LogP contribution >= 0.6 is 23.2 Å². The second-order valence-corrected chi connectivity index (χ2v) is 4.48. The highest BCUT2D eigenvalue weighted by Gasteiger charge is 2.19. The fraction of sp³-hybridized carbons (Fsp3) is 0.0909. The Balaban J connectivity index is 2.66. The molecule has 0 saturated carbocycles. The molecule has 0 fully saturated rings. The van der Waals surface area contributed by atoms with Crippen LogP contribution < -0.4 is 0 Å². The molecular formula is C11H7Cl2N3O3. The predicted octanol–water partition coefficient (Wildman–Crippen LogP) is 3.11. The lowest BCUT2D eigenvalue weighted by Gasteiger charge is -2.00. The Labute approximate surface area is 117 Å². The number of aryl methyl sites for hydroxylation is 1. The smallest absolute Gasteiger partial charge is 0.288 e. The quantitative estimate of drug-likeness (QED) is 0.495. The van der Waals surface area contributed by atoms with Crippen molar-refractivity contribution in [2.45, 2.75) is 0 Å². The van der Waals surface area contributed by atoms with Crippen LogP contribution in [0, 0.1) is 10.1 Å². The van der Waals surface area contributed by atoms with Gasteiger partial charge in [-0.15, -0.1) is 0 Å². The van der Waals surface area contributed by atoms with Gasteiger partial charge in [0.15, 0.2) is 6.29 Å². The van der Waals surface area contributed by atoms with Crippen LogP contribution in [0.4, 0.5) is 5.69 Å². The largest absolute Gasteiger partial charge is 0.298 e. The molecule has 98 valence electrons. The van der Waals surface area contributed by atoms with E-state index in [0.717, 1.165) is 0 Å². The SMILES string of the molecule is Cn1nc(-c2ccc(Cl)c([N+](=O)[O-])c2)c(C=O)c1Cl. The van der Waals surface area contributed by atoms with Crippen molar-refractivity contribution in [2.75, 3.05) is 0 Å². The maximum Gasteiger partial charge on any atom is 0.288 e. The summed E-state index contributed by atoms with van der Waals surface area (Å²) in [6.07, 6.45) is 0.561. The predicted molar refractivity (Wildman–Crippen MR) is 70.7 cm³/mol. The highest BCUT2D eigenvalue weighted by Crippen LogP contribution is 2.32. The van der Waals surface area contributed by atoms with Gasteiger partial charge in [0.25, 0.3) is 5.69 Å². The van der Waals surface area contributed by atoms with Crippen molar-refractivity contribution in [3.05, 3.63) is 44.1 Å². The van der Waals surface area contributed by atoms with Crippen molar-refractivity contribution in [3.8, 4) is 11.3 Å². The van der Waals surface area contributed by atoms with E-state index in [1.807, 2.05) is 0 Å². The van der Waals surface area contributed by atoms with E-state index in [1.54, 1.807) is 13.1 Å². The molecule has 0 atom stereocenters. The number of hydrogen-bond acceptors (Lipinski definition) is 4. The van der Waals surface area contributed by atoms with Crippen LogP contribution in [-0.4, -0.2) is 21.0 Å². The Morgan fingerprint density at radius 1 is 1.42 bits per heavy atom. The van der Waals surface area contributed by atoms with E-state index in [0.29, 0.717) is 11.8 Å². The molecule has 8 heteroatoms. The molecule has 1 heterocycles. The first kappa shape index (κ1) is 13.5. The molecule has 2 rings (SSSR count). The Kier molecular flexibility index (Phi) is 3.55. The zero-order chi connectivity index (χ0) is 14.2. The van der Waals surface area contributed by atoms with E-state index in [-0.39, 0.29) is 27.1 Å². The molecule has 0 unspecified atom stereocenters. The van der Waals surface area contributed by atoms with E-state index < -0.39 is 4.92 Å². The maximum atomic E-state index is 11.0. The van der Waals surface area contributed by atoms with Crippen LogP contribution in [0.2, 0.25) is 10.2 Å². The van der Waals surface area contributed by atoms with Crippen LogP contribution in [0.1, 0.15) is 10.4 Å².